The molecule has 0 bridgehead atoms. The largest absolute Gasteiger partial charge is 0.462 e. The summed E-state index contributed by atoms with van der Waals surface area (Å²) in [4.78, 5) is 74.7. The minimum absolute atomic E-state index is 0.0467. The first-order valence-electron chi connectivity index (χ1n) is 54.6. The molecule has 0 aliphatic heterocycles. The fourth-order valence-electron chi connectivity index (χ4n) is 36.5. The third-order valence-corrected chi connectivity index (χ3v) is 62.7. The highest BCUT2D eigenvalue weighted by atomic mass is 28.4. The fourth-order valence-corrected chi connectivity index (χ4v) is 40.7. The average molecular weight is 2030 g/mol. The summed E-state index contributed by atoms with van der Waals surface area (Å²) in [5.41, 5.74) is -1.75. The topological polar surface area (TPSA) is 216 Å². The van der Waals surface area contributed by atoms with Gasteiger partial charge in [-0.3, -0.25) is 19.2 Å². The molecule has 0 amide bonds. The summed E-state index contributed by atoms with van der Waals surface area (Å²) in [7, 11) is -8.11. The Morgan fingerprint density at radius 3 is 0.365 bits per heavy atom. The maximum atomic E-state index is 18.7. The molecular weight excluding hydrogens is 1920 g/mol. The highest BCUT2D eigenvalue weighted by molar-refractivity contribution is 6.82. The zero-order chi connectivity index (χ0) is 99.7. The summed E-state index contributed by atoms with van der Waals surface area (Å²) in [5, 5.41) is 72.4. The molecule has 24 heteroatoms. The van der Waals surface area contributed by atoms with Gasteiger partial charge in [0.2, 0.25) is 0 Å². The molecule has 29 aromatic rings. The number of benzene rings is 21. The van der Waals surface area contributed by atoms with Crippen LogP contribution in [0, 0.1) is 10.8 Å². The molecule has 10 aliphatic carbocycles. The zero-order valence-electron chi connectivity index (χ0n) is 87.1. The number of carbonyl (C=O) groups excluding carboxylic acids is 4. The summed E-state index contributed by atoms with van der Waals surface area (Å²) in [6.07, 6.45) is 0. The normalized spacial score (nSPS) is 18.6. The van der Waals surface area contributed by atoms with Crippen LogP contribution in [0.15, 0.2) is 0 Å². The summed E-state index contributed by atoms with van der Waals surface area (Å²) < 4.78 is 107. The van der Waals surface area contributed by atoms with Crippen LogP contribution in [0.4, 0.5) is 0 Å². The van der Waals surface area contributed by atoms with E-state index >= 15 is 19.2 Å². The first-order valence-corrected chi connectivity index (χ1v) is 66.3. The summed E-state index contributed by atoms with van der Waals surface area (Å²) in [6, 6.07) is 0. The monoisotopic (exact) mass is 2030 g/mol. The highest BCUT2D eigenvalue weighted by Gasteiger charge is 3.04. The van der Waals surface area contributed by atoms with Gasteiger partial charge in [0.1, 0.15) is 26.4 Å². The molecule has 4 spiro atoms. The Morgan fingerprint density at radius 2 is 0.250 bits per heavy atom. The summed E-state index contributed by atoms with van der Waals surface area (Å²) in [5.74, 6) is -2.46. The van der Waals surface area contributed by atoms with Gasteiger partial charge in [-0.15, -0.1) is 0 Å². The molecular formula is C124H108O20Si4. The lowest BCUT2D eigenvalue weighted by Crippen LogP contribution is -2.41. The molecule has 0 saturated heterocycles. The Bertz CT molecular complexity index is 9840. The van der Waals surface area contributed by atoms with Crippen molar-refractivity contribution in [2.24, 2.45) is 10.8 Å². The van der Waals surface area contributed by atoms with Crippen molar-refractivity contribution >= 4 is 370 Å². The number of ether oxygens (including phenoxy) is 12. The molecule has 148 heavy (non-hydrogen) atoms. The van der Waals surface area contributed by atoms with Gasteiger partial charge in [-0.05, 0) is 429 Å². The Morgan fingerprint density at radius 1 is 0.155 bits per heavy atom. The van der Waals surface area contributed by atoms with Crippen molar-refractivity contribution in [1.82, 2.24) is 0 Å². The van der Waals surface area contributed by atoms with E-state index in [1.807, 2.05) is 0 Å². The van der Waals surface area contributed by atoms with Gasteiger partial charge >= 0.3 is 23.9 Å². The van der Waals surface area contributed by atoms with Gasteiger partial charge in [-0.2, -0.15) is 0 Å². The standard InChI is InChI=1S/C124H108O20Si4/c1-115(2,3)145(13,14)141-41-33-133-25-21-129-29-37-137-111(125)123(112(126)138-38-30-130-22-26-134-34-42-142-146(15,16)116(4,5)6)119-103-87-73-59-49-45-46-50-54-48-56-52(46)62-61-51(45)55-47-53(49)63(73)77-67-57(47)69-79-65(55)75(61)89-90-76(62)66(56)80-70-58(48)68-78-64(54)74(60(50)59)88(87)104(119)92(78)96-82(68)72-84(70)98-94(80)106(90)120-105(89)93(79)97-83(69)71-81(67)95(91(77)103)107-99-85(71)101-102(86(72)100(99)108(96)121(107,119)123)110(98)122(120,109(97)101)124(120,113(127)139-39-31-131-23-27-135-35-43-143-147(17,18)117(7,8)9)114(128)140-40-32-132-24-28-136-36-44-144-148(19,20)118(10,11)12/h21-44H2,1-20H3. The minimum atomic E-state index is -2.13. The van der Waals surface area contributed by atoms with E-state index in [1.54, 1.807) is 0 Å². The van der Waals surface area contributed by atoms with Crippen LogP contribution in [-0.2, 0) is 115 Å². The number of hydrogen-bond acceptors (Lipinski definition) is 20. The van der Waals surface area contributed by atoms with Gasteiger partial charge in [0, 0.05) is 0 Å². The van der Waals surface area contributed by atoms with E-state index in [4.69, 9.17) is 74.5 Å². The first-order chi connectivity index (χ1) is 71.0. The van der Waals surface area contributed by atoms with Crippen molar-refractivity contribution in [2.75, 3.05) is 159 Å². The molecule has 0 unspecified atom stereocenters. The first kappa shape index (κ1) is 84.3. The van der Waals surface area contributed by atoms with E-state index in [0.717, 1.165) is 98.4 Å². The smallest absolute Gasteiger partial charge is 0.326 e. The Balaban J connectivity index is 0.597. The third-order valence-electron chi connectivity index (χ3n) is 44.5. The van der Waals surface area contributed by atoms with Crippen LogP contribution in [0.2, 0.25) is 72.5 Å². The second-order valence-electron chi connectivity index (χ2n) is 53.1. The lowest BCUT2D eigenvalue weighted by molar-refractivity contribution is -0.170. The second-order valence-corrected chi connectivity index (χ2v) is 72.4. The van der Waals surface area contributed by atoms with Crippen molar-refractivity contribution in [1.29, 1.82) is 0 Å². The molecule has 0 radical (unpaired) electrons. The van der Waals surface area contributed by atoms with E-state index in [2.05, 4.69) is 135 Å². The molecule has 39 rings (SSSR count). The number of esters is 4. The van der Waals surface area contributed by atoms with E-state index in [0.29, 0.717) is 79.3 Å². The molecule has 0 aromatic heterocycles. The van der Waals surface area contributed by atoms with Crippen LogP contribution in [0.5, 0.6) is 0 Å². The number of hydrogen-bond donors (Lipinski definition) is 0. The average Bonchev–Trinajstić information content (AvgIpc) is 1.34. The lowest BCUT2D eigenvalue weighted by Gasteiger charge is -2.36. The zero-order valence-corrected chi connectivity index (χ0v) is 91.1. The molecule has 0 atom stereocenters. The van der Waals surface area contributed by atoms with Gasteiger partial charge in [-0.1, -0.05) is 83.1 Å². The predicted molar refractivity (Wildman–Crippen MR) is 598 cm³/mol. The quantitative estimate of drug-likeness (QED) is 0.00660. The molecule has 0 heterocycles. The van der Waals surface area contributed by atoms with Gasteiger partial charge in [0.05, 0.1) is 154 Å². The lowest BCUT2D eigenvalue weighted by atomic mass is 9.66. The van der Waals surface area contributed by atoms with Crippen LogP contribution < -0.4 is 0 Å². The Kier molecular flexibility index (Phi) is 13.7. The SMILES string of the molecule is CC(C)(C)[Si](C)(C)OCCOCCOCCOC(=O)C1(C(=O)OCCOCCOCCO[Si](C)(C)C(C)(C)C)C23c4c5c6c2c2c7c8c9c%10c(c%11c4c4c%12c5c5c%13c%14c%15c%16c%17c%18c%19c%20c%21c(c5c6c5c2c2c7c6c9c7c9c%10c%10c%11c4c4c(c%14%12)c%15c%11c%17c%12c%14c%18c%15c%20c(c%215)c2c2c6c7c(c%14c%152)c2c9c%10c4c%11c%122)C%132C(C(=O)OCCOCCOCCO[Si](C)(C)C(C)(C)C)(C(=O)OCCOCCOCCO[Si](C)(C)C(C)(C)C)C%16%192)C813. The van der Waals surface area contributed by atoms with Crippen LogP contribution in [0.1, 0.15) is 128 Å². The van der Waals surface area contributed by atoms with Crippen molar-refractivity contribution in [3.05, 3.63) is 44.5 Å². The molecule has 2 fully saturated rings. The summed E-state index contributed by atoms with van der Waals surface area (Å²) >= 11 is 0. The minimum Gasteiger partial charge on any atom is -0.462 e. The molecule has 740 valence electrons. The van der Waals surface area contributed by atoms with Crippen molar-refractivity contribution in [2.45, 2.75) is 177 Å². The molecule has 2 saturated carbocycles. The number of carbonyl (C=O) groups is 4. The molecule has 29 aromatic carbocycles. The van der Waals surface area contributed by atoms with Crippen LogP contribution in [0.3, 0.4) is 0 Å². The van der Waals surface area contributed by atoms with E-state index in [9.17, 15) is 0 Å². The Labute approximate surface area is 848 Å². The molecule has 0 N–H and O–H groups in total. The third kappa shape index (κ3) is 7.22. The van der Waals surface area contributed by atoms with Crippen molar-refractivity contribution < 1.29 is 93.7 Å². The Hall–Kier alpha value is -10.3. The van der Waals surface area contributed by atoms with Gasteiger partial charge < -0.3 is 74.5 Å². The van der Waals surface area contributed by atoms with Crippen molar-refractivity contribution in [3.8, 4) is 0 Å². The van der Waals surface area contributed by atoms with Crippen LogP contribution >= 0.6 is 0 Å². The molecule has 10 aliphatic rings. The van der Waals surface area contributed by atoms with Gasteiger partial charge in [0.15, 0.2) is 44.1 Å². The predicted octanol–water partition coefficient (Wildman–Crippen LogP) is 26.2. The van der Waals surface area contributed by atoms with Gasteiger partial charge in [0.25, 0.3) is 0 Å². The second kappa shape index (κ2) is 24.0. The van der Waals surface area contributed by atoms with E-state index in [-0.39, 0.29) is 99.4 Å². The highest BCUT2D eigenvalue weighted by Crippen LogP contribution is 3.00. The number of rotatable bonds is 44. The summed E-state index contributed by atoms with van der Waals surface area (Å²) in [6.45, 7) is 50.4. The molecule has 20 nitrogen and oxygen atoms in total. The van der Waals surface area contributed by atoms with E-state index < -0.39 is 89.6 Å². The van der Waals surface area contributed by atoms with Crippen LogP contribution in [0.25, 0.3) is 312 Å². The van der Waals surface area contributed by atoms with E-state index in [1.165, 1.54) is 259 Å². The fraction of sp³-hybridized carbons (Fsp3) is 0.435. The van der Waals surface area contributed by atoms with Crippen molar-refractivity contribution in [3.63, 3.8) is 0 Å². The maximum Gasteiger partial charge on any atom is 0.326 e. The van der Waals surface area contributed by atoms with Crippen LogP contribution in [-0.4, -0.2) is 216 Å². The van der Waals surface area contributed by atoms with Gasteiger partial charge in [-0.25, -0.2) is 0 Å². The maximum absolute atomic E-state index is 18.7.